The highest BCUT2D eigenvalue weighted by Gasteiger charge is 2.26. The van der Waals surface area contributed by atoms with Gasteiger partial charge in [-0.25, -0.2) is 8.42 Å². The fourth-order valence-corrected chi connectivity index (χ4v) is 5.19. The molecule has 0 bridgehead atoms. The van der Waals surface area contributed by atoms with Crippen molar-refractivity contribution >= 4 is 55.5 Å². The second kappa shape index (κ2) is 10.5. The summed E-state index contributed by atoms with van der Waals surface area (Å²) in [5, 5.41) is 6.76. The lowest BCUT2D eigenvalue weighted by Crippen LogP contribution is -2.38. The number of fused-ring (bicyclic) bond motifs is 1. The average molecular weight is 533 g/mol. The van der Waals surface area contributed by atoms with Gasteiger partial charge in [-0.15, -0.1) is 0 Å². The zero-order chi connectivity index (χ0) is 26.7. The minimum atomic E-state index is -3.56. The van der Waals surface area contributed by atoms with E-state index in [9.17, 15) is 18.0 Å². The number of nitrogens with zero attached hydrogens (tertiary/aromatic N) is 2. The molecule has 11 heteroatoms. The molecule has 0 spiro atoms. The second-order valence-corrected chi connectivity index (χ2v) is 11.1. The average Bonchev–Trinajstić information content (AvgIpc) is 3.37. The van der Waals surface area contributed by atoms with Crippen molar-refractivity contribution in [2.24, 2.45) is 5.92 Å². The summed E-state index contributed by atoms with van der Waals surface area (Å²) >= 11 is 0. The Balaban J connectivity index is 1.33. The molecule has 10 nitrogen and oxygen atoms in total. The zero-order valence-corrected chi connectivity index (χ0v) is 21.6. The first-order valence-corrected chi connectivity index (χ1v) is 14.1. The Morgan fingerprint density at radius 2 is 1.68 bits per heavy atom. The number of rotatable bonds is 7. The number of pyridine rings is 1. The zero-order valence-electron chi connectivity index (χ0n) is 20.8. The third-order valence-corrected chi connectivity index (χ3v) is 7.14. The van der Waals surface area contributed by atoms with E-state index in [2.05, 4.69) is 30.2 Å². The van der Waals surface area contributed by atoms with Crippen LogP contribution in [0.15, 0.2) is 73.2 Å². The lowest BCUT2D eigenvalue weighted by atomic mass is 9.95. The molecule has 4 aromatic rings. The monoisotopic (exact) mass is 532 g/mol. The van der Waals surface area contributed by atoms with E-state index in [0.29, 0.717) is 24.2 Å². The van der Waals surface area contributed by atoms with Gasteiger partial charge in [0.25, 0.3) is 5.91 Å². The molecule has 0 atom stereocenters. The van der Waals surface area contributed by atoms with Gasteiger partial charge in [0.15, 0.2) is 0 Å². The van der Waals surface area contributed by atoms with Crippen molar-refractivity contribution in [2.45, 2.75) is 12.8 Å². The Kier molecular flexibility index (Phi) is 7.01. The van der Waals surface area contributed by atoms with Crippen LogP contribution in [0.4, 0.5) is 22.7 Å². The van der Waals surface area contributed by atoms with Crippen LogP contribution in [0.2, 0.25) is 0 Å². The molecule has 0 radical (unpaired) electrons. The molecule has 0 unspecified atom stereocenters. The molecule has 196 valence electrons. The van der Waals surface area contributed by atoms with E-state index in [0.717, 1.165) is 35.9 Å². The predicted molar refractivity (Wildman–Crippen MR) is 149 cm³/mol. The number of carbonyl (C=O) groups excluding carboxylic acids is 2. The highest BCUT2D eigenvalue weighted by Crippen LogP contribution is 2.27. The number of nitrogens with one attached hydrogen (secondary N) is 4. The van der Waals surface area contributed by atoms with E-state index in [1.165, 1.54) is 12.1 Å². The summed E-state index contributed by atoms with van der Waals surface area (Å²) in [5.74, 6) is -0.867. The summed E-state index contributed by atoms with van der Waals surface area (Å²) in [5.41, 5.74) is 3.18. The van der Waals surface area contributed by atoms with Gasteiger partial charge in [-0.1, -0.05) is 6.07 Å². The summed E-state index contributed by atoms with van der Waals surface area (Å²) < 4.78 is 25.9. The van der Waals surface area contributed by atoms with Crippen molar-refractivity contribution in [3.63, 3.8) is 0 Å². The molecule has 1 fully saturated rings. The van der Waals surface area contributed by atoms with Gasteiger partial charge < -0.3 is 20.5 Å². The Morgan fingerprint density at radius 3 is 2.42 bits per heavy atom. The second-order valence-electron chi connectivity index (χ2n) is 9.32. The highest BCUT2D eigenvalue weighted by atomic mass is 32.2. The summed E-state index contributed by atoms with van der Waals surface area (Å²) in [4.78, 5) is 35.9. The van der Waals surface area contributed by atoms with Crippen LogP contribution in [0, 0.1) is 5.92 Å². The molecule has 2 aromatic carbocycles. The van der Waals surface area contributed by atoms with Crippen LogP contribution in [0.1, 0.15) is 23.2 Å². The third kappa shape index (κ3) is 5.94. The molecule has 1 aliphatic rings. The SMILES string of the molecule is CS(=O)(=O)Nc1ccc(NC(=O)C2CCN(c3ccncc3)CC2)c(C(=O)Nc2ccc3cc[nH]c3c2)c1. The standard InChI is InChI=1S/C27H28N6O4S/c1-38(36,37)32-21-4-5-24(23(16-21)27(35)30-20-3-2-18-6-13-29-25(18)17-20)31-26(34)19-9-14-33(15-10-19)22-7-11-28-12-8-22/h2-8,11-13,16-17,19,29,32H,9-10,14-15H2,1H3,(H,30,35)(H,31,34). The van der Waals surface area contributed by atoms with Gasteiger partial charge in [-0.05, 0) is 66.8 Å². The Hall–Kier alpha value is -4.38. The number of aromatic nitrogens is 2. The van der Waals surface area contributed by atoms with E-state index in [1.54, 1.807) is 30.6 Å². The molecular formula is C27H28N6O4S. The smallest absolute Gasteiger partial charge is 0.257 e. The molecule has 3 heterocycles. The Bertz CT molecular complexity index is 1580. The summed E-state index contributed by atoms with van der Waals surface area (Å²) in [6.45, 7) is 1.46. The molecule has 2 aromatic heterocycles. The normalized spacial score (nSPS) is 14.3. The lowest BCUT2D eigenvalue weighted by Gasteiger charge is -2.33. The van der Waals surface area contributed by atoms with Gasteiger partial charge in [0.1, 0.15) is 0 Å². The van der Waals surface area contributed by atoms with Crippen LogP contribution in [-0.4, -0.2) is 49.5 Å². The van der Waals surface area contributed by atoms with Gasteiger partial charge in [-0.2, -0.15) is 0 Å². The van der Waals surface area contributed by atoms with E-state index in [1.807, 2.05) is 30.5 Å². The number of carbonyl (C=O) groups is 2. The molecule has 2 amide bonds. The summed E-state index contributed by atoms with van der Waals surface area (Å²) in [6.07, 6.45) is 7.68. The van der Waals surface area contributed by atoms with Gasteiger partial charge in [0, 0.05) is 60.2 Å². The van der Waals surface area contributed by atoms with Crippen LogP contribution >= 0.6 is 0 Å². The van der Waals surface area contributed by atoms with Gasteiger partial charge >= 0.3 is 0 Å². The molecule has 1 saturated heterocycles. The van der Waals surface area contributed by atoms with Crippen molar-refractivity contribution in [3.8, 4) is 0 Å². The minimum absolute atomic E-state index is 0.146. The van der Waals surface area contributed by atoms with Crippen molar-refractivity contribution in [2.75, 3.05) is 39.6 Å². The van der Waals surface area contributed by atoms with Crippen molar-refractivity contribution in [1.82, 2.24) is 9.97 Å². The molecular weight excluding hydrogens is 504 g/mol. The molecule has 5 rings (SSSR count). The lowest BCUT2D eigenvalue weighted by molar-refractivity contribution is -0.120. The van der Waals surface area contributed by atoms with Crippen LogP contribution in [-0.2, 0) is 14.8 Å². The number of hydrogen-bond donors (Lipinski definition) is 4. The number of sulfonamides is 1. The minimum Gasteiger partial charge on any atom is -0.371 e. The maximum Gasteiger partial charge on any atom is 0.257 e. The molecule has 1 aliphatic heterocycles. The van der Waals surface area contributed by atoms with Crippen molar-refractivity contribution in [1.29, 1.82) is 0 Å². The van der Waals surface area contributed by atoms with Crippen LogP contribution < -0.4 is 20.3 Å². The van der Waals surface area contributed by atoms with Gasteiger partial charge in [0.05, 0.1) is 17.5 Å². The number of anilines is 4. The predicted octanol–water partition coefficient (Wildman–Crippen LogP) is 4.04. The molecule has 0 aliphatic carbocycles. The third-order valence-electron chi connectivity index (χ3n) is 6.53. The summed E-state index contributed by atoms with van der Waals surface area (Å²) in [7, 11) is -3.56. The number of amides is 2. The fraction of sp³-hybridized carbons (Fsp3) is 0.222. The Morgan fingerprint density at radius 1 is 0.947 bits per heavy atom. The first-order chi connectivity index (χ1) is 18.2. The maximum absolute atomic E-state index is 13.3. The largest absolute Gasteiger partial charge is 0.371 e. The summed E-state index contributed by atoms with van der Waals surface area (Å²) in [6, 6.07) is 15.8. The highest BCUT2D eigenvalue weighted by molar-refractivity contribution is 7.92. The van der Waals surface area contributed by atoms with Crippen molar-refractivity contribution in [3.05, 3.63) is 78.8 Å². The van der Waals surface area contributed by atoms with Gasteiger partial charge in [-0.3, -0.25) is 19.3 Å². The van der Waals surface area contributed by atoms with Crippen LogP contribution in [0.5, 0.6) is 0 Å². The molecule has 4 N–H and O–H groups in total. The van der Waals surface area contributed by atoms with E-state index < -0.39 is 15.9 Å². The maximum atomic E-state index is 13.3. The van der Waals surface area contributed by atoms with E-state index in [-0.39, 0.29) is 23.1 Å². The van der Waals surface area contributed by atoms with E-state index in [4.69, 9.17) is 0 Å². The van der Waals surface area contributed by atoms with Crippen LogP contribution in [0.3, 0.4) is 0 Å². The van der Waals surface area contributed by atoms with Gasteiger partial charge in [0.2, 0.25) is 15.9 Å². The van der Waals surface area contributed by atoms with Crippen LogP contribution in [0.25, 0.3) is 10.9 Å². The van der Waals surface area contributed by atoms with Crippen molar-refractivity contribution < 1.29 is 18.0 Å². The quantitative estimate of drug-likeness (QED) is 0.284. The number of hydrogen-bond acceptors (Lipinski definition) is 6. The number of piperidine rings is 1. The molecule has 0 saturated carbocycles. The first kappa shape index (κ1) is 25.3. The first-order valence-electron chi connectivity index (χ1n) is 12.2. The fourth-order valence-electron chi connectivity index (χ4n) is 4.63. The Labute approximate surface area is 220 Å². The topological polar surface area (TPSA) is 136 Å². The molecule has 38 heavy (non-hydrogen) atoms. The number of aromatic amines is 1. The number of H-pyrrole nitrogens is 1. The van der Waals surface area contributed by atoms with E-state index >= 15 is 0 Å². The number of benzene rings is 2.